The van der Waals surface area contributed by atoms with E-state index in [2.05, 4.69) is 26.7 Å². The number of hydrogen-bond acceptors (Lipinski definition) is 4. The van der Waals surface area contributed by atoms with Crippen LogP contribution in [0.3, 0.4) is 0 Å². The van der Waals surface area contributed by atoms with E-state index >= 15 is 0 Å². The van der Waals surface area contributed by atoms with Crippen LogP contribution >= 0.6 is 11.3 Å². The third kappa shape index (κ3) is 4.27. The van der Waals surface area contributed by atoms with Gasteiger partial charge in [0.15, 0.2) is 0 Å². The molecule has 1 aromatic carbocycles. The second kappa shape index (κ2) is 7.93. The lowest BCUT2D eigenvalue weighted by Crippen LogP contribution is -2.14. The fraction of sp³-hybridized carbons (Fsp3) is 0.0455. The van der Waals surface area contributed by atoms with Crippen molar-refractivity contribution in [2.75, 3.05) is 5.32 Å². The van der Waals surface area contributed by atoms with Crippen molar-refractivity contribution in [2.24, 2.45) is 0 Å². The summed E-state index contributed by atoms with van der Waals surface area (Å²) in [5.74, 6) is -0.0534. The molecule has 0 saturated carbocycles. The van der Waals surface area contributed by atoms with Crippen molar-refractivity contribution < 1.29 is 4.79 Å². The lowest BCUT2D eigenvalue weighted by atomic mass is 10.1. The van der Waals surface area contributed by atoms with Gasteiger partial charge in [0.2, 0.25) is 5.91 Å². The summed E-state index contributed by atoms with van der Waals surface area (Å²) in [6, 6.07) is 17.7. The Morgan fingerprint density at radius 2 is 1.74 bits per heavy atom. The van der Waals surface area contributed by atoms with Crippen LogP contribution in [0.15, 0.2) is 84.8 Å². The molecule has 0 saturated heterocycles. The van der Waals surface area contributed by atoms with E-state index in [0.29, 0.717) is 12.1 Å². The smallest absolute Gasteiger partial charge is 0.228 e. The molecule has 0 aliphatic rings. The molecule has 0 unspecified atom stereocenters. The molecule has 0 atom stereocenters. The van der Waals surface area contributed by atoms with Crippen LogP contribution in [-0.2, 0) is 11.2 Å². The van der Waals surface area contributed by atoms with E-state index in [1.165, 1.54) is 0 Å². The quantitative estimate of drug-likeness (QED) is 0.534. The molecule has 0 spiro atoms. The summed E-state index contributed by atoms with van der Waals surface area (Å²) >= 11 is 1.65. The van der Waals surface area contributed by atoms with E-state index in [9.17, 15) is 4.79 Å². The predicted octanol–water partition coefficient (Wildman–Crippen LogP) is 5.05. The van der Waals surface area contributed by atoms with E-state index in [4.69, 9.17) is 0 Å². The summed E-state index contributed by atoms with van der Waals surface area (Å²) in [5.41, 5.74) is 4.87. The molecule has 0 radical (unpaired) electrons. The summed E-state index contributed by atoms with van der Waals surface area (Å²) in [6.45, 7) is 0. The van der Waals surface area contributed by atoms with Crippen LogP contribution < -0.4 is 5.32 Å². The Labute approximate surface area is 161 Å². The minimum Gasteiger partial charge on any atom is -0.324 e. The molecule has 1 N–H and O–H groups in total. The molecule has 1 amide bonds. The zero-order chi connectivity index (χ0) is 18.5. The van der Waals surface area contributed by atoms with E-state index in [1.54, 1.807) is 23.7 Å². The minimum absolute atomic E-state index is 0.0534. The van der Waals surface area contributed by atoms with Crippen LogP contribution in [0.2, 0.25) is 0 Å². The Hall–Kier alpha value is -3.31. The molecule has 27 heavy (non-hydrogen) atoms. The fourth-order valence-electron chi connectivity index (χ4n) is 2.80. The maximum atomic E-state index is 12.3. The first-order valence-corrected chi connectivity index (χ1v) is 9.44. The highest BCUT2D eigenvalue weighted by Gasteiger charge is 2.08. The molecule has 0 bridgehead atoms. The molecule has 0 aliphatic carbocycles. The van der Waals surface area contributed by atoms with Crippen molar-refractivity contribution in [1.82, 2.24) is 9.97 Å². The molecule has 132 valence electrons. The van der Waals surface area contributed by atoms with Gasteiger partial charge in [-0.05, 0) is 34.7 Å². The number of carbonyl (C=O) groups is 1. The number of benzene rings is 1. The third-order valence-corrected chi connectivity index (χ3v) is 5.09. The summed E-state index contributed by atoms with van der Waals surface area (Å²) in [5, 5.41) is 5.04. The molecule has 3 heterocycles. The largest absolute Gasteiger partial charge is 0.324 e. The summed E-state index contributed by atoms with van der Waals surface area (Å²) in [7, 11) is 0. The Kier molecular flexibility index (Phi) is 5.03. The Morgan fingerprint density at radius 3 is 2.56 bits per heavy atom. The summed E-state index contributed by atoms with van der Waals surface area (Å²) in [4.78, 5) is 21.8. The number of pyridine rings is 2. The van der Waals surface area contributed by atoms with E-state index < -0.39 is 0 Å². The highest BCUT2D eigenvalue weighted by Crippen LogP contribution is 2.32. The highest BCUT2D eigenvalue weighted by atomic mass is 32.1. The predicted molar refractivity (Wildman–Crippen MR) is 110 cm³/mol. The van der Waals surface area contributed by atoms with Gasteiger partial charge >= 0.3 is 0 Å². The van der Waals surface area contributed by atoms with Crippen molar-refractivity contribution in [3.05, 3.63) is 90.3 Å². The average Bonchev–Trinajstić information content (AvgIpc) is 3.20. The van der Waals surface area contributed by atoms with Gasteiger partial charge in [-0.15, -0.1) is 11.3 Å². The number of rotatable bonds is 5. The van der Waals surface area contributed by atoms with Crippen molar-refractivity contribution in [1.29, 1.82) is 0 Å². The van der Waals surface area contributed by atoms with Crippen LogP contribution in [0.25, 0.3) is 21.6 Å². The molecule has 3 aromatic heterocycles. The number of anilines is 1. The maximum Gasteiger partial charge on any atom is 0.228 e. The molecular weight excluding hydrogens is 354 g/mol. The van der Waals surface area contributed by atoms with Gasteiger partial charge in [0.05, 0.1) is 18.3 Å². The van der Waals surface area contributed by atoms with Crippen LogP contribution in [0.5, 0.6) is 0 Å². The number of hydrogen-bond donors (Lipinski definition) is 1. The van der Waals surface area contributed by atoms with Gasteiger partial charge < -0.3 is 5.32 Å². The van der Waals surface area contributed by atoms with E-state index in [-0.39, 0.29) is 5.91 Å². The molecule has 0 aliphatic heterocycles. The fourth-order valence-corrected chi connectivity index (χ4v) is 3.70. The average molecular weight is 371 g/mol. The number of nitrogens with zero attached hydrogens (tertiary/aromatic N) is 2. The first kappa shape index (κ1) is 17.1. The molecule has 5 heteroatoms. The van der Waals surface area contributed by atoms with Crippen molar-refractivity contribution in [3.8, 4) is 21.6 Å². The monoisotopic (exact) mass is 371 g/mol. The first-order valence-electron chi connectivity index (χ1n) is 8.56. The van der Waals surface area contributed by atoms with Crippen molar-refractivity contribution in [3.63, 3.8) is 0 Å². The van der Waals surface area contributed by atoms with Gasteiger partial charge in [0.1, 0.15) is 0 Å². The van der Waals surface area contributed by atoms with Crippen LogP contribution in [0, 0.1) is 0 Å². The number of thiophene rings is 1. The maximum absolute atomic E-state index is 12.3. The Balaban J connectivity index is 1.49. The molecule has 4 aromatic rings. The van der Waals surface area contributed by atoms with Crippen LogP contribution in [0.4, 0.5) is 5.69 Å². The van der Waals surface area contributed by atoms with Gasteiger partial charge in [0.25, 0.3) is 0 Å². The standard InChI is InChI=1S/C22H17N3OS/c26-22(9-16-5-2-1-3-6-16)25-20-10-18(13-24-14-20)21-11-19(15-27-21)17-7-4-8-23-12-17/h1-8,10-15H,9H2,(H,25,26). The zero-order valence-electron chi connectivity index (χ0n) is 14.5. The lowest BCUT2D eigenvalue weighted by Gasteiger charge is -2.06. The lowest BCUT2D eigenvalue weighted by molar-refractivity contribution is -0.115. The number of aromatic nitrogens is 2. The van der Waals surface area contributed by atoms with Crippen LogP contribution in [0.1, 0.15) is 5.56 Å². The second-order valence-electron chi connectivity index (χ2n) is 6.11. The van der Waals surface area contributed by atoms with Crippen molar-refractivity contribution >= 4 is 22.9 Å². The molecule has 4 nitrogen and oxygen atoms in total. The summed E-state index contributed by atoms with van der Waals surface area (Å²) < 4.78 is 0. The molecule has 4 rings (SSSR count). The summed E-state index contributed by atoms with van der Waals surface area (Å²) in [6.07, 6.45) is 7.44. The molecular formula is C22H17N3OS. The van der Waals surface area contributed by atoms with E-state index in [0.717, 1.165) is 27.1 Å². The normalized spacial score (nSPS) is 10.5. The first-order chi connectivity index (χ1) is 13.3. The van der Waals surface area contributed by atoms with Gasteiger partial charge in [-0.1, -0.05) is 36.4 Å². The minimum atomic E-state index is -0.0534. The Morgan fingerprint density at radius 1 is 0.889 bits per heavy atom. The molecule has 0 fully saturated rings. The van der Waals surface area contributed by atoms with E-state index in [1.807, 2.05) is 60.9 Å². The number of carbonyl (C=O) groups excluding carboxylic acids is 1. The van der Waals surface area contributed by atoms with Gasteiger partial charge in [-0.2, -0.15) is 0 Å². The van der Waals surface area contributed by atoms with Gasteiger partial charge in [-0.25, -0.2) is 0 Å². The second-order valence-corrected chi connectivity index (χ2v) is 7.03. The van der Waals surface area contributed by atoms with Crippen LogP contribution in [-0.4, -0.2) is 15.9 Å². The van der Waals surface area contributed by atoms with Crippen molar-refractivity contribution in [2.45, 2.75) is 6.42 Å². The van der Waals surface area contributed by atoms with Gasteiger partial charge in [-0.3, -0.25) is 14.8 Å². The topological polar surface area (TPSA) is 54.9 Å². The van der Waals surface area contributed by atoms with Gasteiger partial charge in [0, 0.05) is 34.6 Å². The highest BCUT2D eigenvalue weighted by molar-refractivity contribution is 7.14. The third-order valence-electron chi connectivity index (χ3n) is 4.11. The Bertz CT molecular complexity index is 1050. The zero-order valence-corrected chi connectivity index (χ0v) is 15.3. The SMILES string of the molecule is O=C(Cc1ccccc1)Nc1cncc(-c2cc(-c3cccnc3)cs2)c1. The number of amides is 1. The number of nitrogens with one attached hydrogen (secondary N) is 1.